The van der Waals surface area contributed by atoms with Crippen LogP contribution in [0.3, 0.4) is 0 Å². The Morgan fingerprint density at radius 2 is 2.11 bits per heavy atom. The van der Waals surface area contributed by atoms with E-state index in [1.807, 2.05) is 0 Å². The first-order valence-corrected chi connectivity index (χ1v) is 6.95. The van der Waals surface area contributed by atoms with Crippen molar-refractivity contribution in [2.45, 2.75) is 11.7 Å². The average molecular weight is 283 g/mol. The average Bonchev–Trinajstić information content (AvgIpc) is 2.70. The molecule has 0 aliphatic carbocycles. The normalized spacial score (nSPS) is 19.5. The van der Waals surface area contributed by atoms with Crippen molar-refractivity contribution in [1.82, 2.24) is 0 Å². The Bertz CT molecular complexity index is 681. The minimum Gasteiger partial charge on any atom is -0.311 e. The van der Waals surface area contributed by atoms with Crippen LogP contribution >= 0.6 is 0 Å². The molecule has 2 rings (SSSR count). The minimum absolute atomic E-state index is 0.0573. The van der Waals surface area contributed by atoms with Gasteiger partial charge in [-0.2, -0.15) is 5.26 Å². The molecule has 19 heavy (non-hydrogen) atoms. The maximum Gasteiger partial charge on any atom is 0.228 e. The highest BCUT2D eigenvalue weighted by Crippen LogP contribution is 2.25. The highest BCUT2D eigenvalue weighted by atomic mass is 32.2. The standard InChI is InChI=1S/C11H10FN3O3S/c12-8-1-7(5-13)2-9(3-8)15-6-10(4-11(15)16)19(14,17)18/h1-3,10H,4,6H2,(H2,14,17,18). The van der Waals surface area contributed by atoms with Crippen molar-refractivity contribution in [1.29, 1.82) is 5.26 Å². The van der Waals surface area contributed by atoms with Crippen LogP contribution in [0.5, 0.6) is 0 Å². The maximum absolute atomic E-state index is 13.3. The monoisotopic (exact) mass is 283 g/mol. The summed E-state index contributed by atoms with van der Waals surface area (Å²) in [7, 11) is -3.82. The molecule has 0 spiro atoms. The van der Waals surface area contributed by atoms with Crippen LogP contribution in [0.15, 0.2) is 18.2 Å². The van der Waals surface area contributed by atoms with Gasteiger partial charge < -0.3 is 4.90 Å². The molecule has 1 aromatic carbocycles. The molecule has 0 saturated carbocycles. The van der Waals surface area contributed by atoms with E-state index in [9.17, 15) is 17.6 Å². The minimum atomic E-state index is -3.82. The van der Waals surface area contributed by atoms with Crippen molar-refractivity contribution in [3.63, 3.8) is 0 Å². The van der Waals surface area contributed by atoms with Crippen LogP contribution in [-0.2, 0) is 14.8 Å². The first-order valence-electron chi connectivity index (χ1n) is 5.34. The molecule has 1 aliphatic rings. The zero-order chi connectivity index (χ0) is 14.2. The summed E-state index contributed by atoms with van der Waals surface area (Å²) >= 11 is 0. The zero-order valence-electron chi connectivity index (χ0n) is 9.71. The summed E-state index contributed by atoms with van der Waals surface area (Å²) in [5.41, 5.74) is 0.217. The van der Waals surface area contributed by atoms with Gasteiger partial charge in [-0.05, 0) is 18.2 Å². The molecule has 100 valence electrons. The van der Waals surface area contributed by atoms with E-state index in [-0.39, 0.29) is 24.2 Å². The topological polar surface area (TPSA) is 104 Å². The number of sulfonamides is 1. The fourth-order valence-electron chi connectivity index (χ4n) is 1.94. The number of halogens is 1. The summed E-state index contributed by atoms with van der Waals surface area (Å²) in [6.07, 6.45) is -0.239. The van der Waals surface area contributed by atoms with Crippen LogP contribution in [0.2, 0.25) is 0 Å². The number of benzene rings is 1. The molecular weight excluding hydrogens is 273 g/mol. The predicted octanol–water partition coefficient (Wildman–Crippen LogP) is 0.0912. The molecule has 0 bridgehead atoms. The molecule has 8 heteroatoms. The molecule has 1 amide bonds. The SMILES string of the molecule is N#Cc1cc(F)cc(N2CC(S(N)(=O)=O)CC2=O)c1. The van der Waals surface area contributed by atoms with Gasteiger partial charge in [0.25, 0.3) is 0 Å². The molecule has 1 aromatic rings. The fraction of sp³-hybridized carbons (Fsp3) is 0.273. The maximum atomic E-state index is 13.3. The second-order valence-corrected chi connectivity index (χ2v) is 6.07. The van der Waals surface area contributed by atoms with Crippen molar-refractivity contribution in [2.24, 2.45) is 5.14 Å². The van der Waals surface area contributed by atoms with E-state index in [1.165, 1.54) is 6.07 Å². The third-order valence-electron chi connectivity index (χ3n) is 2.88. The van der Waals surface area contributed by atoms with Gasteiger partial charge in [-0.25, -0.2) is 17.9 Å². The van der Waals surface area contributed by atoms with E-state index in [1.54, 1.807) is 6.07 Å². The van der Waals surface area contributed by atoms with Gasteiger partial charge in [-0.3, -0.25) is 4.79 Å². The van der Waals surface area contributed by atoms with E-state index in [4.69, 9.17) is 10.4 Å². The quantitative estimate of drug-likeness (QED) is 0.830. The van der Waals surface area contributed by atoms with E-state index in [0.29, 0.717) is 0 Å². The zero-order valence-corrected chi connectivity index (χ0v) is 10.5. The number of rotatable bonds is 2. The lowest BCUT2D eigenvalue weighted by Gasteiger charge is -2.16. The van der Waals surface area contributed by atoms with Crippen LogP contribution < -0.4 is 10.0 Å². The smallest absolute Gasteiger partial charge is 0.228 e. The van der Waals surface area contributed by atoms with Gasteiger partial charge in [0.1, 0.15) is 11.1 Å². The Balaban J connectivity index is 2.36. The van der Waals surface area contributed by atoms with Gasteiger partial charge in [0.15, 0.2) is 0 Å². The third-order valence-corrected chi connectivity index (χ3v) is 4.12. The summed E-state index contributed by atoms with van der Waals surface area (Å²) in [4.78, 5) is 12.9. The van der Waals surface area contributed by atoms with Gasteiger partial charge in [-0.15, -0.1) is 0 Å². The Kier molecular flexibility index (Phi) is 3.26. The number of hydrogen-bond acceptors (Lipinski definition) is 4. The molecule has 1 heterocycles. The Labute approximate surface area is 109 Å². The lowest BCUT2D eigenvalue weighted by Crippen LogP contribution is -2.32. The van der Waals surface area contributed by atoms with Crippen molar-refractivity contribution < 1.29 is 17.6 Å². The van der Waals surface area contributed by atoms with Crippen molar-refractivity contribution in [2.75, 3.05) is 11.4 Å². The molecular formula is C11H10FN3O3S. The van der Waals surface area contributed by atoms with E-state index in [0.717, 1.165) is 17.0 Å². The number of hydrogen-bond donors (Lipinski definition) is 1. The van der Waals surface area contributed by atoms with Gasteiger partial charge in [-0.1, -0.05) is 0 Å². The summed E-state index contributed by atoms with van der Waals surface area (Å²) < 4.78 is 35.7. The molecule has 0 radical (unpaired) electrons. The van der Waals surface area contributed by atoms with Crippen molar-refractivity contribution >= 4 is 21.6 Å². The van der Waals surface area contributed by atoms with Gasteiger partial charge >= 0.3 is 0 Å². The van der Waals surface area contributed by atoms with Crippen LogP contribution in [0.1, 0.15) is 12.0 Å². The Morgan fingerprint density at radius 1 is 1.42 bits per heavy atom. The van der Waals surface area contributed by atoms with Gasteiger partial charge in [0.05, 0.1) is 11.6 Å². The van der Waals surface area contributed by atoms with Crippen LogP contribution in [0, 0.1) is 17.1 Å². The summed E-state index contributed by atoms with van der Waals surface area (Å²) in [5.74, 6) is -1.13. The third kappa shape index (κ3) is 2.72. The number of carbonyl (C=O) groups is 1. The molecule has 0 aromatic heterocycles. The molecule has 6 nitrogen and oxygen atoms in total. The van der Waals surface area contributed by atoms with Crippen molar-refractivity contribution in [3.8, 4) is 6.07 Å². The molecule has 1 fully saturated rings. The lowest BCUT2D eigenvalue weighted by atomic mass is 10.2. The van der Waals surface area contributed by atoms with Crippen LogP contribution in [0.25, 0.3) is 0 Å². The number of amides is 1. The summed E-state index contributed by atoms with van der Waals surface area (Å²) in [6, 6.07) is 5.20. The largest absolute Gasteiger partial charge is 0.311 e. The lowest BCUT2D eigenvalue weighted by molar-refractivity contribution is -0.117. The summed E-state index contributed by atoms with van der Waals surface area (Å²) in [6.45, 7) is -0.133. The molecule has 1 atom stereocenters. The summed E-state index contributed by atoms with van der Waals surface area (Å²) in [5, 5.41) is 12.7. The number of primary sulfonamides is 1. The van der Waals surface area contributed by atoms with E-state index in [2.05, 4.69) is 0 Å². The number of carbonyl (C=O) groups excluding carboxylic acids is 1. The predicted molar refractivity (Wildman–Crippen MR) is 65.0 cm³/mol. The van der Waals surface area contributed by atoms with E-state index >= 15 is 0 Å². The number of nitriles is 1. The van der Waals surface area contributed by atoms with Gasteiger partial charge in [0, 0.05) is 18.7 Å². The fourth-order valence-corrected chi connectivity index (χ4v) is 2.67. The second kappa shape index (κ2) is 4.60. The van der Waals surface area contributed by atoms with Crippen LogP contribution in [-0.4, -0.2) is 26.1 Å². The second-order valence-electron chi connectivity index (χ2n) is 4.23. The molecule has 1 aliphatic heterocycles. The molecule has 1 saturated heterocycles. The van der Waals surface area contributed by atoms with Gasteiger partial charge in [0.2, 0.25) is 15.9 Å². The first kappa shape index (κ1) is 13.5. The highest BCUT2D eigenvalue weighted by Gasteiger charge is 2.37. The van der Waals surface area contributed by atoms with E-state index < -0.39 is 27.0 Å². The van der Waals surface area contributed by atoms with Crippen molar-refractivity contribution in [3.05, 3.63) is 29.6 Å². The Morgan fingerprint density at radius 3 is 2.63 bits per heavy atom. The molecule has 1 unspecified atom stereocenters. The first-order chi connectivity index (χ1) is 8.81. The number of anilines is 1. The molecule has 2 N–H and O–H groups in total. The Hall–Kier alpha value is -1.98. The number of nitrogens with two attached hydrogens (primary N) is 1. The van der Waals surface area contributed by atoms with Crippen LogP contribution in [0.4, 0.5) is 10.1 Å². The highest BCUT2D eigenvalue weighted by molar-refractivity contribution is 7.89. The number of nitrogens with zero attached hydrogens (tertiary/aromatic N) is 2.